The maximum Gasteiger partial charge on any atom is 0.240 e. The van der Waals surface area contributed by atoms with E-state index in [4.69, 9.17) is 0 Å². The van der Waals surface area contributed by atoms with Crippen LogP contribution < -0.4 is 0 Å². The van der Waals surface area contributed by atoms with E-state index in [2.05, 4.69) is 20.0 Å². The lowest BCUT2D eigenvalue weighted by atomic mass is 10.0. The van der Waals surface area contributed by atoms with Crippen LogP contribution in [0.4, 0.5) is 22.7 Å². The summed E-state index contributed by atoms with van der Waals surface area (Å²) < 4.78 is 0. The predicted octanol–water partition coefficient (Wildman–Crippen LogP) is 2.71. The highest BCUT2D eigenvalue weighted by atomic mass is 16.1. The Morgan fingerprint density at radius 3 is 1.86 bits per heavy atom. The van der Waals surface area contributed by atoms with Crippen LogP contribution in [0, 0.1) is 0 Å². The number of aliphatic imine (C=N–C) groups is 4. The first-order valence-corrected chi connectivity index (χ1v) is 5.68. The Bertz CT molecular complexity index is 956. The van der Waals surface area contributed by atoms with Gasteiger partial charge in [-0.3, -0.25) is 0 Å². The molecule has 0 aliphatic rings. The van der Waals surface area contributed by atoms with Gasteiger partial charge in [0, 0.05) is 10.8 Å². The zero-order chi connectivity index (χ0) is 15.9. The van der Waals surface area contributed by atoms with Gasteiger partial charge in [0.1, 0.15) is 17.1 Å². The van der Waals surface area contributed by atoms with Gasteiger partial charge in [0.15, 0.2) is 0 Å². The molecule has 8 nitrogen and oxygen atoms in total. The number of fused-ring (bicyclic) bond motifs is 1. The predicted molar refractivity (Wildman–Crippen MR) is 75.1 cm³/mol. The van der Waals surface area contributed by atoms with Gasteiger partial charge in [-0.25, -0.2) is 19.2 Å². The third-order valence-electron chi connectivity index (χ3n) is 2.73. The van der Waals surface area contributed by atoms with Crippen LogP contribution in [0.15, 0.2) is 44.2 Å². The summed E-state index contributed by atoms with van der Waals surface area (Å²) in [7, 11) is 0. The standard InChI is InChI=1S/C14H4N4O4/c19-5-15-11-3-1-2-9-10(11)4-12(16-6-20)14(18-8-22)13(9)17-7-21/h1-4H. The summed E-state index contributed by atoms with van der Waals surface area (Å²) in [6.07, 6.45) is 5.33. The number of rotatable bonds is 4. The van der Waals surface area contributed by atoms with Crippen molar-refractivity contribution in [2.75, 3.05) is 0 Å². The maximum absolute atomic E-state index is 10.6. The minimum Gasteiger partial charge on any atom is -0.211 e. The van der Waals surface area contributed by atoms with Crippen LogP contribution in [-0.2, 0) is 19.2 Å². The molecule has 8 heteroatoms. The van der Waals surface area contributed by atoms with Crippen LogP contribution >= 0.6 is 0 Å². The summed E-state index contributed by atoms with van der Waals surface area (Å²) in [6.45, 7) is 0. The van der Waals surface area contributed by atoms with Gasteiger partial charge in [-0.15, -0.1) is 0 Å². The summed E-state index contributed by atoms with van der Waals surface area (Å²) in [6, 6.07) is 5.99. The van der Waals surface area contributed by atoms with Gasteiger partial charge in [0.25, 0.3) is 0 Å². The molecular formula is C14H4N4O4. The molecule has 22 heavy (non-hydrogen) atoms. The Labute approximate surface area is 122 Å². The lowest BCUT2D eigenvalue weighted by molar-refractivity contribution is 0.564. The van der Waals surface area contributed by atoms with Crippen molar-refractivity contribution >= 4 is 57.8 Å². The summed E-state index contributed by atoms with van der Waals surface area (Å²) >= 11 is 0. The Hall–Kier alpha value is -3.78. The van der Waals surface area contributed by atoms with Crippen LogP contribution in [0.5, 0.6) is 0 Å². The molecular weight excluding hydrogens is 288 g/mol. The first-order chi connectivity index (χ1) is 10.8. The fourth-order valence-electron chi connectivity index (χ4n) is 1.96. The third-order valence-corrected chi connectivity index (χ3v) is 2.73. The number of carbonyl (C=O) groups excluding carboxylic acids is 4. The molecule has 0 spiro atoms. The van der Waals surface area contributed by atoms with Crippen LogP contribution in [0.3, 0.4) is 0 Å². The van der Waals surface area contributed by atoms with Gasteiger partial charge < -0.3 is 0 Å². The zero-order valence-electron chi connectivity index (χ0n) is 10.7. The summed E-state index contributed by atoms with van der Waals surface area (Å²) in [5.74, 6) is 0. The topological polar surface area (TPSA) is 118 Å². The van der Waals surface area contributed by atoms with Gasteiger partial charge >= 0.3 is 0 Å². The van der Waals surface area contributed by atoms with E-state index >= 15 is 0 Å². The average molecular weight is 292 g/mol. The fourth-order valence-corrected chi connectivity index (χ4v) is 1.96. The van der Waals surface area contributed by atoms with E-state index in [1.807, 2.05) is 0 Å². The Morgan fingerprint density at radius 2 is 1.23 bits per heavy atom. The van der Waals surface area contributed by atoms with E-state index in [1.54, 1.807) is 12.1 Å². The third kappa shape index (κ3) is 2.57. The van der Waals surface area contributed by atoms with Crippen molar-refractivity contribution in [1.29, 1.82) is 0 Å². The lowest BCUT2D eigenvalue weighted by Crippen LogP contribution is -1.79. The van der Waals surface area contributed by atoms with Crippen LogP contribution in [0.2, 0.25) is 0 Å². The molecule has 104 valence electrons. The molecule has 2 aromatic carbocycles. The Kier molecular flexibility index (Phi) is 4.38. The van der Waals surface area contributed by atoms with E-state index in [0.717, 1.165) is 0 Å². The molecule has 0 aliphatic carbocycles. The van der Waals surface area contributed by atoms with E-state index in [0.29, 0.717) is 10.8 Å². The fraction of sp³-hybridized carbons (Fsp3) is 0. The molecule has 0 aliphatic heterocycles. The number of isocyanates is 4. The van der Waals surface area contributed by atoms with Crippen molar-refractivity contribution in [2.24, 2.45) is 20.0 Å². The van der Waals surface area contributed by atoms with Crippen LogP contribution in [0.1, 0.15) is 0 Å². The highest BCUT2D eigenvalue weighted by molar-refractivity contribution is 6.08. The molecule has 0 radical (unpaired) electrons. The summed E-state index contributed by atoms with van der Waals surface area (Å²) in [5, 5.41) is 0.720. The molecule has 0 saturated heterocycles. The maximum atomic E-state index is 10.6. The second-order valence-corrected chi connectivity index (χ2v) is 3.78. The number of benzene rings is 2. The van der Waals surface area contributed by atoms with Crippen molar-refractivity contribution < 1.29 is 19.2 Å². The van der Waals surface area contributed by atoms with Gasteiger partial charge in [0.2, 0.25) is 24.3 Å². The normalized spacial score (nSPS) is 8.91. The van der Waals surface area contributed by atoms with Crippen molar-refractivity contribution in [3.63, 3.8) is 0 Å². The highest BCUT2D eigenvalue weighted by Gasteiger charge is 2.15. The van der Waals surface area contributed by atoms with Gasteiger partial charge in [-0.2, -0.15) is 20.0 Å². The smallest absolute Gasteiger partial charge is 0.211 e. The SMILES string of the molecule is O=C=Nc1cc2c(N=C=O)cccc2c(N=C=O)c1N=C=O. The van der Waals surface area contributed by atoms with Gasteiger partial charge in [-0.05, 0) is 12.1 Å². The number of nitrogens with zero attached hydrogens (tertiary/aromatic N) is 4. The minimum absolute atomic E-state index is 0.0483. The number of hydrogen-bond donors (Lipinski definition) is 0. The van der Waals surface area contributed by atoms with Crippen molar-refractivity contribution in [1.82, 2.24) is 0 Å². The molecule has 0 amide bonds. The van der Waals surface area contributed by atoms with E-state index < -0.39 is 0 Å². The monoisotopic (exact) mass is 292 g/mol. The largest absolute Gasteiger partial charge is 0.240 e. The first kappa shape index (κ1) is 14.6. The molecule has 0 aromatic heterocycles. The van der Waals surface area contributed by atoms with Crippen molar-refractivity contribution in [3.8, 4) is 0 Å². The minimum atomic E-state index is -0.138. The van der Waals surface area contributed by atoms with Crippen molar-refractivity contribution in [3.05, 3.63) is 24.3 Å². The Morgan fingerprint density at radius 1 is 0.636 bits per heavy atom. The summed E-state index contributed by atoms with van der Waals surface area (Å²) in [5.41, 5.74) is -0.0403. The molecule has 0 unspecified atom stereocenters. The van der Waals surface area contributed by atoms with Crippen molar-refractivity contribution in [2.45, 2.75) is 0 Å². The molecule has 0 fully saturated rings. The van der Waals surface area contributed by atoms with E-state index in [1.165, 1.54) is 36.5 Å². The molecule has 0 heterocycles. The second-order valence-electron chi connectivity index (χ2n) is 3.78. The second kappa shape index (κ2) is 6.59. The van der Waals surface area contributed by atoms with Crippen LogP contribution in [0.25, 0.3) is 10.8 Å². The summed E-state index contributed by atoms with van der Waals surface area (Å²) in [4.78, 5) is 56.0. The first-order valence-electron chi connectivity index (χ1n) is 5.68. The van der Waals surface area contributed by atoms with Gasteiger partial charge in [-0.1, -0.05) is 12.1 Å². The quantitative estimate of drug-likeness (QED) is 0.635. The molecule has 0 bridgehead atoms. The zero-order valence-corrected chi connectivity index (χ0v) is 10.7. The number of hydrogen-bond acceptors (Lipinski definition) is 8. The molecule has 0 N–H and O–H groups in total. The van der Waals surface area contributed by atoms with Crippen LogP contribution in [-0.4, -0.2) is 24.3 Å². The van der Waals surface area contributed by atoms with E-state index in [-0.39, 0.29) is 22.7 Å². The Balaban J connectivity index is 3.11. The lowest BCUT2D eigenvalue weighted by Gasteiger charge is -2.07. The average Bonchev–Trinajstić information content (AvgIpc) is 2.52. The molecule has 0 atom stereocenters. The van der Waals surface area contributed by atoms with Gasteiger partial charge in [0.05, 0.1) is 5.69 Å². The molecule has 2 rings (SSSR count). The highest BCUT2D eigenvalue weighted by Crippen LogP contribution is 2.45. The molecule has 2 aromatic rings. The molecule has 0 saturated carbocycles. The van der Waals surface area contributed by atoms with E-state index in [9.17, 15) is 19.2 Å².